The predicted molar refractivity (Wildman–Crippen MR) is 136 cm³/mol. The lowest BCUT2D eigenvalue weighted by Crippen LogP contribution is -2.29. The average Bonchev–Trinajstić information content (AvgIpc) is 2.70. The maximum atomic E-state index is 12.7. The summed E-state index contributed by atoms with van der Waals surface area (Å²) in [6.45, 7) is 6.09. The lowest BCUT2D eigenvalue weighted by atomic mass is 10.00. The summed E-state index contributed by atoms with van der Waals surface area (Å²) < 4.78 is 26.1. The molecule has 3 rings (SSSR count). The van der Waals surface area contributed by atoms with Crippen molar-refractivity contribution in [2.45, 2.75) is 33.4 Å². The van der Waals surface area contributed by atoms with Crippen LogP contribution in [0.15, 0.2) is 60.7 Å². The minimum absolute atomic E-state index is 0.0797. The van der Waals surface area contributed by atoms with Gasteiger partial charge in [-0.2, -0.15) is 0 Å². The number of anilines is 1. The van der Waals surface area contributed by atoms with Gasteiger partial charge in [-0.15, -0.1) is 0 Å². The van der Waals surface area contributed by atoms with Crippen molar-refractivity contribution in [3.8, 4) is 0 Å². The van der Waals surface area contributed by atoms with E-state index in [1.807, 2.05) is 32.9 Å². The lowest BCUT2D eigenvalue weighted by Gasteiger charge is -2.23. The second-order valence-corrected chi connectivity index (χ2v) is 10.9. The quantitative estimate of drug-likeness (QED) is 0.424. The molecular formula is C25H26Cl2N2O3S. The Morgan fingerprint density at radius 3 is 2.12 bits per heavy atom. The zero-order valence-corrected chi connectivity index (χ0v) is 21.2. The van der Waals surface area contributed by atoms with Gasteiger partial charge in [-0.3, -0.25) is 9.10 Å². The van der Waals surface area contributed by atoms with E-state index in [0.29, 0.717) is 21.3 Å². The first-order chi connectivity index (χ1) is 15.4. The maximum Gasteiger partial charge on any atom is 0.251 e. The number of halogens is 2. The molecule has 5 nitrogen and oxygen atoms in total. The van der Waals surface area contributed by atoms with Gasteiger partial charge >= 0.3 is 0 Å². The van der Waals surface area contributed by atoms with Crippen molar-refractivity contribution < 1.29 is 13.2 Å². The largest absolute Gasteiger partial charge is 0.346 e. The van der Waals surface area contributed by atoms with E-state index in [2.05, 4.69) is 11.4 Å². The van der Waals surface area contributed by atoms with Gasteiger partial charge in [0.2, 0.25) is 10.0 Å². The summed E-state index contributed by atoms with van der Waals surface area (Å²) in [4.78, 5) is 12.7. The minimum atomic E-state index is -3.59. The monoisotopic (exact) mass is 504 g/mol. The zero-order chi connectivity index (χ0) is 24.3. The molecule has 0 spiro atoms. The van der Waals surface area contributed by atoms with Gasteiger partial charge < -0.3 is 5.32 Å². The molecule has 1 N–H and O–H groups in total. The van der Waals surface area contributed by atoms with Gasteiger partial charge in [0, 0.05) is 15.6 Å². The summed E-state index contributed by atoms with van der Waals surface area (Å²) in [6.07, 6.45) is 1.12. The molecule has 0 aromatic heterocycles. The molecule has 0 radical (unpaired) electrons. The molecule has 0 saturated carbocycles. The van der Waals surface area contributed by atoms with Crippen LogP contribution in [-0.2, 0) is 16.6 Å². The predicted octanol–water partition coefficient (Wildman–Crippen LogP) is 6.07. The van der Waals surface area contributed by atoms with E-state index in [1.165, 1.54) is 9.87 Å². The standard InChI is InChI=1S/C25H26Cl2N2O3S/c1-16-5-10-24(17(2)11-16)18(3)28-25(30)20-8-6-19(7-9-20)15-29(33(4,31)32)23-13-21(26)12-22(27)14-23/h5-14,18H,15H2,1-4H3,(H,28,30). The Kier molecular flexibility index (Phi) is 7.73. The molecule has 0 bridgehead atoms. The highest BCUT2D eigenvalue weighted by Crippen LogP contribution is 2.28. The van der Waals surface area contributed by atoms with Crippen LogP contribution in [0.5, 0.6) is 0 Å². The van der Waals surface area contributed by atoms with Gasteiger partial charge in [-0.05, 0) is 67.8 Å². The van der Waals surface area contributed by atoms with Crippen LogP contribution in [0.4, 0.5) is 5.69 Å². The van der Waals surface area contributed by atoms with E-state index in [-0.39, 0.29) is 18.5 Å². The van der Waals surface area contributed by atoms with Gasteiger partial charge in [0.05, 0.1) is 24.5 Å². The Labute approximate surface area is 205 Å². The van der Waals surface area contributed by atoms with Crippen molar-refractivity contribution in [3.05, 3.63) is 98.5 Å². The van der Waals surface area contributed by atoms with Gasteiger partial charge in [0.15, 0.2) is 0 Å². The van der Waals surface area contributed by atoms with E-state index in [1.54, 1.807) is 42.5 Å². The number of carbonyl (C=O) groups excluding carboxylic acids is 1. The van der Waals surface area contributed by atoms with Crippen molar-refractivity contribution in [1.82, 2.24) is 5.32 Å². The van der Waals surface area contributed by atoms with Gasteiger partial charge in [-0.1, -0.05) is 59.1 Å². The van der Waals surface area contributed by atoms with E-state index < -0.39 is 10.0 Å². The van der Waals surface area contributed by atoms with Crippen LogP contribution in [0.3, 0.4) is 0 Å². The Balaban J connectivity index is 1.76. The van der Waals surface area contributed by atoms with Crippen molar-refractivity contribution in [1.29, 1.82) is 0 Å². The van der Waals surface area contributed by atoms with E-state index in [9.17, 15) is 13.2 Å². The minimum Gasteiger partial charge on any atom is -0.346 e. The first kappa shape index (κ1) is 25.1. The summed E-state index contributed by atoms with van der Waals surface area (Å²) in [7, 11) is -3.59. The van der Waals surface area contributed by atoms with Gasteiger partial charge in [0.1, 0.15) is 0 Å². The van der Waals surface area contributed by atoms with Crippen LogP contribution >= 0.6 is 23.2 Å². The van der Waals surface area contributed by atoms with E-state index >= 15 is 0 Å². The fourth-order valence-corrected chi connectivity index (χ4v) is 5.07. The normalized spacial score (nSPS) is 12.3. The SMILES string of the molecule is Cc1ccc(C(C)NC(=O)c2ccc(CN(c3cc(Cl)cc(Cl)c3)S(C)(=O)=O)cc2)c(C)c1. The van der Waals surface area contributed by atoms with Crippen LogP contribution in [0.2, 0.25) is 10.0 Å². The second-order valence-electron chi connectivity index (χ2n) is 8.15. The first-order valence-corrected chi connectivity index (χ1v) is 13.0. The topological polar surface area (TPSA) is 66.5 Å². The highest BCUT2D eigenvalue weighted by molar-refractivity contribution is 7.92. The number of rotatable bonds is 7. The smallest absolute Gasteiger partial charge is 0.251 e. The molecule has 1 unspecified atom stereocenters. The van der Waals surface area contributed by atoms with Crippen molar-refractivity contribution >= 4 is 44.8 Å². The van der Waals surface area contributed by atoms with E-state index in [4.69, 9.17) is 23.2 Å². The number of hydrogen-bond acceptors (Lipinski definition) is 3. The van der Waals surface area contributed by atoms with Crippen molar-refractivity contribution in [2.75, 3.05) is 10.6 Å². The molecule has 1 atom stereocenters. The maximum absolute atomic E-state index is 12.7. The summed E-state index contributed by atoms with van der Waals surface area (Å²) in [5.74, 6) is -0.199. The zero-order valence-electron chi connectivity index (χ0n) is 18.9. The molecule has 0 fully saturated rings. The molecule has 3 aromatic carbocycles. The highest BCUT2D eigenvalue weighted by Gasteiger charge is 2.20. The summed E-state index contributed by atoms with van der Waals surface area (Å²) in [6, 6.07) is 17.5. The number of carbonyl (C=O) groups is 1. The number of benzene rings is 3. The molecular weight excluding hydrogens is 479 g/mol. The van der Waals surface area contributed by atoms with Crippen molar-refractivity contribution in [3.63, 3.8) is 0 Å². The molecule has 0 heterocycles. The molecule has 0 aliphatic heterocycles. The molecule has 174 valence electrons. The second kappa shape index (κ2) is 10.2. The fourth-order valence-electron chi connectivity index (χ4n) is 3.68. The molecule has 3 aromatic rings. The number of nitrogens with zero attached hydrogens (tertiary/aromatic N) is 1. The third-order valence-corrected chi connectivity index (χ3v) is 6.89. The molecule has 33 heavy (non-hydrogen) atoms. The molecule has 8 heteroatoms. The Morgan fingerprint density at radius 1 is 0.970 bits per heavy atom. The molecule has 0 aliphatic carbocycles. The Morgan fingerprint density at radius 2 is 1.58 bits per heavy atom. The average molecular weight is 505 g/mol. The Bertz CT molecular complexity index is 1260. The molecule has 1 amide bonds. The Hall–Kier alpha value is -2.54. The highest BCUT2D eigenvalue weighted by atomic mass is 35.5. The van der Waals surface area contributed by atoms with Crippen LogP contribution in [0.1, 0.15) is 45.6 Å². The van der Waals surface area contributed by atoms with Gasteiger partial charge in [0.25, 0.3) is 5.91 Å². The van der Waals surface area contributed by atoms with Crippen LogP contribution in [-0.4, -0.2) is 20.6 Å². The number of sulfonamides is 1. The van der Waals surface area contributed by atoms with Crippen LogP contribution in [0, 0.1) is 13.8 Å². The van der Waals surface area contributed by atoms with Crippen LogP contribution < -0.4 is 9.62 Å². The first-order valence-electron chi connectivity index (χ1n) is 10.3. The number of hydrogen-bond donors (Lipinski definition) is 1. The number of aryl methyl sites for hydroxylation is 2. The summed E-state index contributed by atoms with van der Waals surface area (Å²) in [5, 5.41) is 3.71. The van der Waals surface area contributed by atoms with Crippen molar-refractivity contribution in [2.24, 2.45) is 0 Å². The lowest BCUT2D eigenvalue weighted by molar-refractivity contribution is 0.0940. The number of amides is 1. The molecule has 0 saturated heterocycles. The third kappa shape index (κ3) is 6.50. The number of nitrogens with one attached hydrogen (secondary N) is 1. The fraction of sp³-hybridized carbons (Fsp3) is 0.240. The summed E-state index contributed by atoms with van der Waals surface area (Å²) in [5.41, 5.74) is 4.95. The molecule has 0 aliphatic rings. The van der Waals surface area contributed by atoms with Crippen LogP contribution in [0.25, 0.3) is 0 Å². The third-order valence-electron chi connectivity index (χ3n) is 5.32. The van der Waals surface area contributed by atoms with E-state index in [0.717, 1.165) is 22.9 Å². The van der Waals surface area contributed by atoms with Gasteiger partial charge in [-0.25, -0.2) is 8.42 Å². The summed E-state index contributed by atoms with van der Waals surface area (Å²) >= 11 is 12.1.